The molecule has 0 bridgehead atoms. The molecular formula is C47H36N4. The second-order valence-electron chi connectivity index (χ2n) is 13.3. The van der Waals surface area contributed by atoms with Gasteiger partial charge >= 0.3 is 0 Å². The lowest BCUT2D eigenvalue weighted by atomic mass is 9.87. The summed E-state index contributed by atoms with van der Waals surface area (Å²) in [5.74, 6) is 1.97. The van der Waals surface area contributed by atoms with Crippen molar-refractivity contribution in [2.45, 2.75) is 18.9 Å². The molecule has 0 aliphatic heterocycles. The molecule has 0 fully saturated rings. The summed E-state index contributed by atoms with van der Waals surface area (Å²) in [5.41, 5.74) is 12.0. The first-order valence-electron chi connectivity index (χ1n) is 17.5. The van der Waals surface area contributed by atoms with Crippen LogP contribution in [0.3, 0.4) is 0 Å². The summed E-state index contributed by atoms with van der Waals surface area (Å²) >= 11 is 0. The Labute approximate surface area is 298 Å². The van der Waals surface area contributed by atoms with E-state index in [2.05, 4.69) is 126 Å². The molecule has 244 valence electrons. The average molecular weight is 657 g/mol. The second-order valence-corrected chi connectivity index (χ2v) is 13.3. The third-order valence-electron chi connectivity index (χ3n) is 10.2. The van der Waals surface area contributed by atoms with Gasteiger partial charge in [0.1, 0.15) is 0 Å². The van der Waals surface area contributed by atoms with Gasteiger partial charge in [0, 0.05) is 33.5 Å². The Kier molecular flexibility index (Phi) is 7.90. The molecule has 1 heterocycles. The standard InChI is InChI=1S/C47H36N4/c1-48-46(34-15-7-3-8-16-34)50-47(35-17-9-4-10-18-35)49-31-32-21-25-40-38(27-32)28-37-22-24-39(30-43(37)40)51-44-20-12-11-19-41(44)42-26-23-36(29-45(42)51)33-13-5-2-6-14-33/h2-27,29-30,37,43H,1,28,31H2/b49-47-,50-46-. The zero-order valence-corrected chi connectivity index (χ0v) is 28.2. The highest BCUT2D eigenvalue weighted by Gasteiger charge is 2.32. The van der Waals surface area contributed by atoms with Crippen molar-refractivity contribution in [2.75, 3.05) is 0 Å². The van der Waals surface area contributed by atoms with E-state index in [0.29, 0.717) is 30.1 Å². The molecule has 2 unspecified atom stereocenters. The predicted octanol–water partition coefficient (Wildman–Crippen LogP) is 10.9. The van der Waals surface area contributed by atoms with Gasteiger partial charge in [-0.3, -0.25) is 4.99 Å². The molecule has 4 heteroatoms. The molecule has 0 amide bonds. The van der Waals surface area contributed by atoms with Crippen LogP contribution in [0.5, 0.6) is 0 Å². The topological polar surface area (TPSA) is 42.0 Å². The van der Waals surface area contributed by atoms with Crippen molar-refractivity contribution in [3.8, 4) is 11.1 Å². The summed E-state index contributed by atoms with van der Waals surface area (Å²) in [6.45, 7) is 4.32. The van der Waals surface area contributed by atoms with E-state index in [4.69, 9.17) is 9.98 Å². The fourth-order valence-corrected chi connectivity index (χ4v) is 7.77. The molecule has 51 heavy (non-hydrogen) atoms. The van der Waals surface area contributed by atoms with Crippen LogP contribution < -0.4 is 0 Å². The van der Waals surface area contributed by atoms with Gasteiger partial charge in [-0.25, -0.2) is 9.98 Å². The molecular weight excluding hydrogens is 621 g/mol. The first-order valence-corrected chi connectivity index (χ1v) is 17.5. The van der Waals surface area contributed by atoms with Crippen LogP contribution in [-0.4, -0.2) is 23.0 Å². The van der Waals surface area contributed by atoms with Crippen LogP contribution in [0.4, 0.5) is 0 Å². The molecule has 2 aliphatic carbocycles. The van der Waals surface area contributed by atoms with Gasteiger partial charge in [-0.05, 0) is 65.1 Å². The third kappa shape index (κ3) is 5.75. The third-order valence-corrected chi connectivity index (χ3v) is 10.2. The number of fused-ring (bicyclic) bond motifs is 6. The van der Waals surface area contributed by atoms with Crippen LogP contribution in [0.2, 0.25) is 0 Å². The van der Waals surface area contributed by atoms with Gasteiger partial charge in [0.05, 0.1) is 17.6 Å². The van der Waals surface area contributed by atoms with Crippen LogP contribution in [0, 0.1) is 5.92 Å². The number of rotatable bonds is 6. The van der Waals surface area contributed by atoms with E-state index < -0.39 is 0 Å². The Morgan fingerprint density at radius 1 is 0.647 bits per heavy atom. The lowest BCUT2D eigenvalue weighted by Gasteiger charge is -2.21. The highest BCUT2D eigenvalue weighted by atomic mass is 15.0. The summed E-state index contributed by atoms with van der Waals surface area (Å²) in [5, 5.41) is 2.55. The van der Waals surface area contributed by atoms with Crippen molar-refractivity contribution in [3.63, 3.8) is 0 Å². The van der Waals surface area contributed by atoms with E-state index in [1.54, 1.807) is 0 Å². The smallest absolute Gasteiger partial charge is 0.161 e. The lowest BCUT2D eigenvalue weighted by Crippen LogP contribution is -2.09. The molecule has 2 atom stereocenters. The molecule has 1 aromatic heterocycles. The van der Waals surface area contributed by atoms with Crippen molar-refractivity contribution in [2.24, 2.45) is 20.9 Å². The summed E-state index contributed by atoms with van der Waals surface area (Å²) in [7, 11) is 0. The number of allylic oxidation sites excluding steroid dienone is 4. The van der Waals surface area contributed by atoms with Gasteiger partial charge in [-0.15, -0.1) is 0 Å². The summed E-state index contributed by atoms with van der Waals surface area (Å²) in [6, 6.07) is 53.3. The summed E-state index contributed by atoms with van der Waals surface area (Å²) in [4.78, 5) is 14.2. The molecule has 0 N–H and O–H groups in total. The zero-order chi connectivity index (χ0) is 34.1. The maximum absolute atomic E-state index is 5.04. The molecule has 4 nitrogen and oxygen atoms in total. The predicted molar refractivity (Wildman–Crippen MR) is 214 cm³/mol. The number of hydrogen-bond acceptors (Lipinski definition) is 1. The van der Waals surface area contributed by atoms with E-state index in [0.717, 1.165) is 17.5 Å². The first kappa shape index (κ1) is 30.7. The van der Waals surface area contributed by atoms with Crippen LogP contribution in [0.1, 0.15) is 33.7 Å². The quantitative estimate of drug-likeness (QED) is 0.126. The van der Waals surface area contributed by atoms with Crippen LogP contribution in [0.15, 0.2) is 185 Å². The maximum Gasteiger partial charge on any atom is 0.161 e. The SMILES string of the molecule is C=N/C(=N\C(=N/Cc1ccc2c(c1)CC1C=CC(n3c4ccccc4c4ccc(-c5ccccc5)cc43)=CC21)c1ccccc1)c1ccccc1. The van der Waals surface area contributed by atoms with Gasteiger partial charge in [0.2, 0.25) is 0 Å². The average Bonchev–Trinajstić information content (AvgIpc) is 3.73. The van der Waals surface area contributed by atoms with Crippen molar-refractivity contribution in [1.82, 2.24) is 4.57 Å². The molecule has 9 rings (SSSR count). The highest BCUT2D eigenvalue weighted by Crippen LogP contribution is 2.45. The molecule has 0 saturated carbocycles. The minimum absolute atomic E-state index is 0.322. The normalized spacial score (nSPS) is 17.0. The second kappa shape index (κ2) is 13.1. The Bertz CT molecular complexity index is 2540. The van der Waals surface area contributed by atoms with Crippen molar-refractivity contribution in [3.05, 3.63) is 198 Å². The van der Waals surface area contributed by atoms with E-state index in [9.17, 15) is 0 Å². The lowest BCUT2D eigenvalue weighted by molar-refractivity contribution is 0.630. The minimum atomic E-state index is 0.322. The number of aromatic nitrogens is 1. The van der Waals surface area contributed by atoms with Crippen molar-refractivity contribution in [1.29, 1.82) is 0 Å². The number of amidine groups is 2. The number of aliphatic imine (C=N–C) groups is 3. The van der Waals surface area contributed by atoms with Crippen LogP contribution >= 0.6 is 0 Å². The summed E-state index contributed by atoms with van der Waals surface area (Å²) < 4.78 is 2.46. The molecule has 0 saturated heterocycles. The number of nitrogens with zero attached hydrogens (tertiary/aromatic N) is 4. The Morgan fingerprint density at radius 3 is 2.10 bits per heavy atom. The maximum atomic E-state index is 5.04. The molecule has 2 aliphatic rings. The fraction of sp³-hybridized carbons (Fsp3) is 0.0851. The summed E-state index contributed by atoms with van der Waals surface area (Å²) in [6.07, 6.45) is 8.27. The van der Waals surface area contributed by atoms with Gasteiger partial charge in [-0.2, -0.15) is 0 Å². The molecule has 7 aromatic rings. The van der Waals surface area contributed by atoms with Gasteiger partial charge in [0.25, 0.3) is 0 Å². The van der Waals surface area contributed by atoms with Crippen molar-refractivity contribution < 1.29 is 0 Å². The van der Waals surface area contributed by atoms with Gasteiger partial charge in [0.15, 0.2) is 11.7 Å². The number of benzene rings is 6. The van der Waals surface area contributed by atoms with Gasteiger partial charge < -0.3 is 4.57 Å². The van der Waals surface area contributed by atoms with Crippen molar-refractivity contribution >= 4 is 45.9 Å². The largest absolute Gasteiger partial charge is 0.310 e. The number of para-hydroxylation sites is 1. The van der Waals surface area contributed by atoms with Gasteiger partial charge in [-0.1, -0.05) is 152 Å². The molecule has 0 radical (unpaired) electrons. The number of hydrogen-bond donors (Lipinski definition) is 0. The van der Waals surface area contributed by atoms with Crippen LogP contribution in [-0.2, 0) is 13.0 Å². The Hall–Kier alpha value is -6.39. The Morgan fingerprint density at radius 2 is 1.33 bits per heavy atom. The van der Waals surface area contributed by atoms with E-state index >= 15 is 0 Å². The zero-order valence-electron chi connectivity index (χ0n) is 28.2. The Balaban J connectivity index is 1.06. The van der Waals surface area contributed by atoms with E-state index in [1.165, 1.54) is 55.3 Å². The van der Waals surface area contributed by atoms with Crippen LogP contribution in [0.25, 0.3) is 38.6 Å². The first-order chi connectivity index (χ1) is 25.2. The fourth-order valence-electron chi connectivity index (χ4n) is 7.77. The highest BCUT2D eigenvalue weighted by molar-refractivity contribution is 6.13. The van der Waals surface area contributed by atoms with E-state index in [1.807, 2.05) is 60.7 Å². The monoisotopic (exact) mass is 656 g/mol. The minimum Gasteiger partial charge on any atom is -0.310 e. The molecule has 0 spiro atoms. The van der Waals surface area contributed by atoms with E-state index in [-0.39, 0.29) is 0 Å². The molecule has 6 aromatic carbocycles.